The Labute approximate surface area is 173 Å². The predicted molar refractivity (Wildman–Crippen MR) is 111 cm³/mol. The highest BCUT2D eigenvalue weighted by Crippen LogP contribution is 2.57. The van der Waals surface area contributed by atoms with Crippen LogP contribution in [0.25, 0.3) is 0 Å². The molecule has 7 rings (SSSR count). The van der Waals surface area contributed by atoms with Gasteiger partial charge in [-0.25, -0.2) is 4.90 Å². The lowest BCUT2D eigenvalue weighted by atomic mass is 9.52. The second kappa shape index (κ2) is 6.64. The van der Waals surface area contributed by atoms with E-state index < -0.39 is 0 Å². The fraction of sp³-hybridized carbons (Fsp3) is 0.667. The zero-order chi connectivity index (χ0) is 19.6. The highest BCUT2D eigenvalue weighted by Gasteiger charge is 2.54. The summed E-state index contributed by atoms with van der Waals surface area (Å²) in [5, 5.41) is 0. The van der Waals surface area contributed by atoms with Gasteiger partial charge in [0.25, 0.3) is 5.91 Å². The predicted octanol–water partition coefficient (Wildman–Crippen LogP) is 2.90. The number of hydrogen-bond donors (Lipinski definition) is 0. The zero-order valence-corrected chi connectivity index (χ0v) is 17.1. The van der Waals surface area contributed by atoms with E-state index in [2.05, 4.69) is 9.80 Å². The van der Waals surface area contributed by atoms with E-state index in [0.29, 0.717) is 17.6 Å². The molecular formula is C24H31N3O2. The molecule has 4 bridgehead atoms. The minimum absolute atomic E-state index is 0.0375. The highest BCUT2D eigenvalue weighted by atomic mass is 16.2. The first-order valence-electron chi connectivity index (χ1n) is 11.5. The molecule has 4 aliphatic carbocycles. The third-order valence-electron chi connectivity index (χ3n) is 8.57. The Balaban J connectivity index is 1.14. The van der Waals surface area contributed by atoms with Crippen molar-refractivity contribution in [3.63, 3.8) is 0 Å². The van der Waals surface area contributed by atoms with Crippen molar-refractivity contribution in [3.8, 4) is 0 Å². The van der Waals surface area contributed by atoms with E-state index in [1.807, 2.05) is 30.3 Å². The molecule has 29 heavy (non-hydrogen) atoms. The smallest absolute Gasteiger partial charge is 0.251 e. The molecule has 1 aromatic carbocycles. The molecule has 0 spiro atoms. The van der Waals surface area contributed by atoms with Gasteiger partial charge >= 0.3 is 0 Å². The van der Waals surface area contributed by atoms with Crippen LogP contribution in [0.1, 0.15) is 44.9 Å². The van der Waals surface area contributed by atoms with Crippen molar-refractivity contribution in [2.45, 2.75) is 56.5 Å². The van der Waals surface area contributed by atoms with Gasteiger partial charge in [-0.3, -0.25) is 19.4 Å². The van der Waals surface area contributed by atoms with E-state index in [9.17, 15) is 9.59 Å². The van der Waals surface area contributed by atoms with Gasteiger partial charge in [0, 0.05) is 31.7 Å². The number of carbonyl (C=O) groups excluding carboxylic acids is 2. The summed E-state index contributed by atoms with van der Waals surface area (Å²) in [7, 11) is 0. The molecule has 0 radical (unpaired) electrons. The lowest BCUT2D eigenvalue weighted by Gasteiger charge is -2.61. The minimum Gasteiger partial charge on any atom is -0.295 e. The largest absolute Gasteiger partial charge is 0.295 e. The molecule has 0 aromatic heterocycles. The minimum atomic E-state index is -0.277. The van der Waals surface area contributed by atoms with E-state index in [0.717, 1.165) is 43.9 Å². The monoisotopic (exact) mass is 393 g/mol. The number of para-hydroxylation sites is 1. The van der Waals surface area contributed by atoms with Crippen LogP contribution in [0.5, 0.6) is 0 Å². The number of nitrogens with zero attached hydrogens (tertiary/aromatic N) is 3. The average Bonchev–Trinajstić information content (AvgIpc) is 3.02. The Morgan fingerprint density at radius 1 is 0.793 bits per heavy atom. The average molecular weight is 394 g/mol. The van der Waals surface area contributed by atoms with Crippen molar-refractivity contribution in [1.29, 1.82) is 0 Å². The van der Waals surface area contributed by atoms with Crippen LogP contribution in [0.15, 0.2) is 30.3 Å². The topological polar surface area (TPSA) is 43.9 Å². The summed E-state index contributed by atoms with van der Waals surface area (Å²) in [4.78, 5) is 32.1. The number of hydrogen-bond acceptors (Lipinski definition) is 4. The van der Waals surface area contributed by atoms with Crippen molar-refractivity contribution in [2.24, 2.45) is 17.8 Å². The summed E-state index contributed by atoms with van der Waals surface area (Å²) in [6.07, 6.45) is 8.98. The van der Waals surface area contributed by atoms with Crippen LogP contribution in [0.4, 0.5) is 5.69 Å². The van der Waals surface area contributed by atoms with Gasteiger partial charge in [0.2, 0.25) is 5.91 Å². The van der Waals surface area contributed by atoms with Gasteiger partial charge in [-0.2, -0.15) is 0 Å². The molecule has 5 nitrogen and oxygen atoms in total. The lowest BCUT2D eigenvalue weighted by Crippen LogP contribution is -2.64. The third kappa shape index (κ3) is 2.89. The molecular weight excluding hydrogens is 362 g/mol. The van der Waals surface area contributed by atoms with E-state index in [4.69, 9.17) is 0 Å². The fourth-order valence-electron chi connectivity index (χ4n) is 7.71. The van der Waals surface area contributed by atoms with Crippen LogP contribution in [-0.4, -0.2) is 59.4 Å². The van der Waals surface area contributed by atoms with E-state index in [1.54, 1.807) is 0 Å². The van der Waals surface area contributed by atoms with Crippen LogP contribution in [-0.2, 0) is 9.59 Å². The second-order valence-corrected chi connectivity index (χ2v) is 10.3. The van der Waals surface area contributed by atoms with Gasteiger partial charge in [0.05, 0.1) is 18.2 Å². The summed E-state index contributed by atoms with van der Waals surface area (Å²) in [5.74, 6) is 2.80. The number of amides is 2. The number of piperazine rings is 1. The Bertz CT molecular complexity index is 779. The van der Waals surface area contributed by atoms with Crippen molar-refractivity contribution in [1.82, 2.24) is 9.80 Å². The quantitative estimate of drug-likeness (QED) is 0.741. The molecule has 2 saturated heterocycles. The van der Waals surface area contributed by atoms with Crippen LogP contribution >= 0.6 is 0 Å². The normalized spacial score (nSPS) is 40.2. The molecule has 6 aliphatic rings. The Hall–Kier alpha value is -1.72. The maximum absolute atomic E-state index is 13.1. The summed E-state index contributed by atoms with van der Waals surface area (Å²) >= 11 is 0. The molecule has 2 heterocycles. The molecule has 1 aromatic rings. The van der Waals surface area contributed by atoms with Gasteiger partial charge in [-0.15, -0.1) is 0 Å². The Morgan fingerprint density at radius 2 is 1.38 bits per heavy atom. The molecule has 0 N–H and O–H groups in total. The fourth-order valence-corrected chi connectivity index (χ4v) is 7.71. The molecule has 4 saturated carbocycles. The van der Waals surface area contributed by atoms with Crippen LogP contribution in [0, 0.1) is 17.8 Å². The maximum atomic E-state index is 13.1. The molecule has 5 heteroatoms. The molecule has 6 fully saturated rings. The summed E-state index contributed by atoms with van der Waals surface area (Å²) < 4.78 is 0. The standard InChI is InChI=1S/C24H31N3O2/c28-22-13-21(23(29)27(22)20-4-2-1-3-5-20)25-6-8-26(9-7-25)24-14-17-10-18(15-24)12-19(11-17)16-24/h1-5,17-19,21H,6-16H2/t17?,18?,19?,21-,24?/m1/s1. The molecule has 2 amide bonds. The molecule has 2 aliphatic heterocycles. The first kappa shape index (κ1) is 18.1. The van der Waals surface area contributed by atoms with Crippen LogP contribution in [0.2, 0.25) is 0 Å². The van der Waals surface area contributed by atoms with Crippen molar-refractivity contribution >= 4 is 17.5 Å². The first-order chi connectivity index (χ1) is 14.1. The number of imide groups is 1. The van der Waals surface area contributed by atoms with Gasteiger partial charge in [0.1, 0.15) is 0 Å². The van der Waals surface area contributed by atoms with Crippen molar-refractivity contribution in [2.75, 3.05) is 31.1 Å². The maximum Gasteiger partial charge on any atom is 0.251 e. The van der Waals surface area contributed by atoms with Gasteiger partial charge < -0.3 is 0 Å². The SMILES string of the molecule is O=C1C[C@@H](N2CCN(C34CC5CC(CC(C5)C3)C4)CC2)C(=O)N1c1ccccc1. The molecule has 154 valence electrons. The van der Waals surface area contributed by atoms with Gasteiger partial charge in [-0.05, 0) is 68.4 Å². The first-order valence-corrected chi connectivity index (χ1v) is 11.5. The number of benzene rings is 1. The van der Waals surface area contributed by atoms with E-state index >= 15 is 0 Å². The summed E-state index contributed by atoms with van der Waals surface area (Å²) in [5.41, 5.74) is 1.16. The van der Waals surface area contributed by atoms with E-state index in [-0.39, 0.29) is 17.9 Å². The summed E-state index contributed by atoms with van der Waals surface area (Å²) in [6.45, 7) is 3.92. The zero-order valence-electron chi connectivity index (χ0n) is 17.1. The van der Waals surface area contributed by atoms with Gasteiger partial charge in [0.15, 0.2) is 0 Å². The van der Waals surface area contributed by atoms with Crippen LogP contribution < -0.4 is 4.90 Å². The van der Waals surface area contributed by atoms with Gasteiger partial charge in [-0.1, -0.05) is 18.2 Å². The summed E-state index contributed by atoms with van der Waals surface area (Å²) in [6, 6.07) is 9.10. The Kier molecular flexibility index (Phi) is 4.14. The second-order valence-electron chi connectivity index (χ2n) is 10.3. The molecule has 1 atom stereocenters. The highest BCUT2D eigenvalue weighted by molar-refractivity contribution is 6.22. The van der Waals surface area contributed by atoms with Crippen LogP contribution in [0.3, 0.4) is 0 Å². The van der Waals surface area contributed by atoms with Crippen molar-refractivity contribution in [3.05, 3.63) is 30.3 Å². The number of carbonyl (C=O) groups is 2. The lowest BCUT2D eigenvalue weighted by molar-refractivity contribution is -0.125. The number of anilines is 1. The Morgan fingerprint density at radius 3 is 1.97 bits per heavy atom. The number of rotatable bonds is 3. The third-order valence-corrected chi connectivity index (χ3v) is 8.57. The van der Waals surface area contributed by atoms with Crippen molar-refractivity contribution < 1.29 is 9.59 Å². The molecule has 0 unspecified atom stereocenters. The van der Waals surface area contributed by atoms with E-state index in [1.165, 1.54) is 43.4 Å².